The van der Waals surface area contributed by atoms with Crippen LogP contribution < -0.4 is 19.1 Å². The van der Waals surface area contributed by atoms with Crippen LogP contribution in [0.2, 0.25) is 0 Å². The summed E-state index contributed by atoms with van der Waals surface area (Å²) >= 11 is 0. The van der Waals surface area contributed by atoms with E-state index < -0.39 is 10.0 Å². The number of rotatable bonds is 10. The number of hydrogen-bond donors (Lipinski definition) is 1. The molecule has 0 heterocycles. The van der Waals surface area contributed by atoms with Gasteiger partial charge in [-0.1, -0.05) is 24.3 Å². The molecular formula is C25H28N2O5S. The molecule has 0 aromatic heterocycles. The molecule has 3 aromatic carbocycles. The maximum Gasteiger partial charge on any atom is 0.255 e. The van der Waals surface area contributed by atoms with Crippen molar-refractivity contribution in [3.63, 3.8) is 0 Å². The first-order valence-electron chi connectivity index (χ1n) is 10.6. The second-order valence-electron chi connectivity index (χ2n) is 7.28. The first kappa shape index (κ1) is 24.1. The van der Waals surface area contributed by atoms with E-state index in [1.54, 1.807) is 60.7 Å². The van der Waals surface area contributed by atoms with Crippen molar-refractivity contribution in [3.05, 3.63) is 83.9 Å². The van der Waals surface area contributed by atoms with Crippen molar-refractivity contribution in [1.82, 2.24) is 0 Å². The van der Waals surface area contributed by atoms with Gasteiger partial charge in [0.1, 0.15) is 11.5 Å². The number of benzene rings is 3. The predicted molar refractivity (Wildman–Crippen MR) is 131 cm³/mol. The van der Waals surface area contributed by atoms with Crippen LogP contribution in [0.4, 0.5) is 11.4 Å². The van der Waals surface area contributed by atoms with Gasteiger partial charge in [-0.25, -0.2) is 8.42 Å². The minimum Gasteiger partial charge on any atom is -0.494 e. The zero-order chi connectivity index (χ0) is 23.8. The van der Waals surface area contributed by atoms with E-state index in [9.17, 15) is 13.2 Å². The number of amides is 1. The van der Waals surface area contributed by atoms with Crippen molar-refractivity contribution in [3.8, 4) is 11.5 Å². The molecule has 0 saturated carbocycles. The molecule has 0 unspecified atom stereocenters. The van der Waals surface area contributed by atoms with Crippen LogP contribution in [0, 0.1) is 0 Å². The number of ether oxygens (including phenoxy) is 2. The summed E-state index contributed by atoms with van der Waals surface area (Å²) in [6, 6.07) is 21.0. The topological polar surface area (TPSA) is 84.9 Å². The second-order valence-corrected chi connectivity index (χ2v) is 9.18. The van der Waals surface area contributed by atoms with E-state index in [2.05, 4.69) is 5.32 Å². The Bertz CT molecular complexity index is 1180. The molecule has 0 radical (unpaired) electrons. The third-order valence-corrected chi connectivity index (χ3v) is 5.95. The Morgan fingerprint density at radius 1 is 0.879 bits per heavy atom. The summed E-state index contributed by atoms with van der Waals surface area (Å²) in [5, 5.41) is 2.86. The van der Waals surface area contributed by atoms with Crippen LogP contribution in [0.1, 0.15) is 29.8 Å². The van der Waals surface area contributed by atoms with Crippen LogP contribution in [0.25, 0.3) is 0 Å². The molecule has 0 fully saturated rings. The zero-order valence-corrected chi connectivity index (χ0v) is 19.8. The highest BCUT2D eigenvalue weighted by atomic mass is 32.2. The van der Waals surface area contributed by atoms with Gasteiger partial charge in [-0.15, -0.1) is 0 Å². The van der Waals surface area contributed by atoms with Crippen LogP contribution in [-0.4, -0.2) is 33.8 Å². The number of nitrogens with one attached hydrogen (secondary N) is 1. The number of carbonyl (C=O) groups excluding carboxylic acids is 1. The maximum atomic E-state index is 12.7. The molecule has 0 saturated heterocycles. The molecule has 0 aliphatic rings. The average molecular weight is 469 g/mol. The molecular weight excluding hydrogens is 440 g/mol. The minimum absolute atomic E-state index is 0.141. The fourth-order valence-corrected chi connectivity index (χ4v) is 4.14. The van der Waals surface area contributed by atoms with Crippen molar-refractivity contribution in [2.75, 3.05) is 29.1 Å². The molecule has 0 atom stereocenters. The number of hydrogen-bond acceptors (Lipinski definition) is 5. The monoisotopic (exact) mass is 468 g/mol. The van der Waals surface area contributed by atoms with Crippen LogP contribution >= 0.6 is 0 Å². The van der Waals surface area contributed by atoms with Crippen LogP contribution in [0.3, 0.4) is 0 Å². The van der Waals surface area contributed by atoms with E-state index in [0.717, 1.165) is 5.56 Å². The van der Waals surface area contributed by atoms with Crippen molar-refractivity contribution < 1.29 is 22.7 Å². The van der Waals surface area contributed by atoms with Gasteiger partial charge in [0.15, 0.2) is 0 Å². The Labute approximate surface area is 195 Å². The predicted octanol–water partition coefficient (Wildman–Crippen LogP) is 4.70. The van der Waals surface area contributed by atoms with Crippen LogP contribution in [0.5, 0.6) is 11.5 Å². The zero-order valence-electron chi connectivity index (χ0n) is 18.9. The molecule has 0 spiro atoms. The van der Waals surface area contributed by atoms with Gasteiger partial charge < -0.3 is 14.8 Å². The molecule has 174 valence electrons. The van der Waals surface area contributed by atoms with Crippen LogP contribution in [0.15, 0.2) is 72.8 Å². The van der Waals surface area contributed by atoms with E-state index in [4.69, 9.17) is 9.47 Å². The largest absolute Gasteiger partial charge is 0.494 e. The van der Waals surface area contributed by atoms with Gasteiger partial charge in [0.25, 0.3) is 5.91 Å². The minimum atomic E-state index is -3.52. The van der Waals surface area contributed by atoms with Gasteiger partial charge in [-0.05, 0) is 67.9 Å². The summed E-state index contributed by atoms with van der Waals surface area (Å²) in [6.45, 7) is 4.93. The van der Waals surface area contributed by atoms with Crippen molar-refractivity contribution in [1.29, 1.82) is 0 Å². The number of nitrogens with zero attached hydrogens (tertiary/aromatic N) is 1. The highest BCUT2D eigenvalue weighted by Gasteiger charge is 2.18. The highest BCUT2D eigenvalue weighted by molar-refractivity contribution is 7.92. The van der Waals surface area contributed by atoms with E-state index in [0.29, 0.717) is 41.7 Å². The lowest BCUT2D eigenvalue weighted by atomic mass is 10.1. The third-order valence-electron chi connectivity index (χ3n) is 4.81. The van der Waals surface area contributed by atoms with Gasteiger partial charge in [0, 0.05) is 5.56 Å². The normalized spacial score (nSPS) is 11.0. The lowest BCUT2D eigenvalue weighted by molar-refractivity contribution is 0.102. The van der Waals surface area contributed by atoms with E-state index in [-0.39, 0.29) is 12.5 Å². The highest BCUT2D eigenvalue weighted by Crippen LogP contribution is 2.26. The maximum absolute atomic E-state index is 12.7. The molecule has 33 heavy (non-hydrogen) atoms. The summed E-state index contributed by atoms with van der Waals surface area (Å²) in [4.78, 5) is 12.7. The Hall–Kier alpha value is -3.52. The molecule has 7 nitrogen and oxygen atoms in total. The van der Waals surface area contributed by atoms with Crippen molar-refractivity contribution in [2.45, 2.75) is 20.4 Å². The van der Waals surface area contributed by atoms with Gasteiger partial charge in [-0.3, -0.25) is 9.10 Å². The Morgan fingerprint density at radius 2 is 1.52 bits per heavy atom. The third kappa shape index (κ3) is 6.49. The number of anilines is 2. The molecule has 3 rings (SSSR count). The summed E-state index contributed by atoms with van der Waals surface area (Å²) in [6.07, 6.45) is 1.17. The summed E-state index contributed by atoms with van der Waals surface area (Å²) in [5.41, 5.74) is 2.33. The molecule has 0 bridgehead atoms. The van der Waals surface area contributed by atoms with Crippen molar-refractivity contribution >= 4 is 27.3 Å². The van der Waals surface area contributed by atoms with E-state index in [1.807, 2.05) is 26.0 Å². The molecule has 0 aliphatic heterocycles. The van der Waals surface area contributed by atoms with Gasteiger partial charge in [0.05, 0.1) is 37.4 Å². The SMILES string of the molecule is CCOc1ccc(N(Cc2ccc(C(=O)Nc3ccccc3OCC)cc2)S(C)(=O)=O)cc1. The smallest absolute Gasteiger partial charge is 0.255 e. The van der Waals surface area contributed by atoms with Gasteiger partial charge >= 0.3 is 0 Å². The number of carbonyl (C=O) groups is 1. The molecule has 1 N–H and O–H groups in total. The van der Waals surface area contributed by atoms with Gasteiger partial charge in [0.2, 0.25) is 10.0 Å². The molecule has 1 amide bonds. The molecule has 0 aliphatic carbocycles. The Kier molecular flexibility index (Phi) is 7.95. The molecule has 8 heteroatoms. The quantitative estimate of drug-likeness (QED) is 0.466. The Balaban J connectivity index is 1.74. The number of sulfonamides is 1. The lowest BCUT2D eigenvalue weighted by Crippen LogP contribution is -2.29. The lowest BCUT2D eigenvalue weighted by Gasteiger charge is -2.23. The van der Waals surface area contributed by atoms with Crippen LogP contribution in [-0.2, 0) is 16.6 Å². The summed E-state index contributed by atoms with van der Waals surface area (Å²) in [7, 11) is -3.52. The number of para-hydroxylation sites is 2. The van der Waals surface area contributed by atoms with Crippen molar-refractivity contribution in [2.24, 2.45) is 0 Å². The standard InChI is InChI=1S/C25H28N2O5S/c1-4-31-22-16-14-21(15-17-22)27(33(3,29)30)18-19-10-12-20(13-11-19)25(28)26-23-8-6-7-9-24(23)32-5-2/h6-17H,4-5,18H2,1-3H3,(H,26,28). The average Bonchev–Trinajstić information content (AvgIpc) is 2.79. The first-order valence-corrected chi connectivity index (χ1v) is 12.5. The van der Waals surface area contributed by atoms with E-state index >= 15 is 0 Å². The second kappa shape index (κ2) is 10.9. The van der Waals surface area contributed by atoms with E-state index in [1.165, 1.54) is 10.6 Å². The molecule has 3 aromatic rings. The fraction of sp³-hybridized carbons (Fsp3) is 0.240. The summed E-state index contributed by atoms with van der Waals surface area (Å²) < 4.78 is 37.2. The summed E-state index contributed by atoms with van der Waals surface area (Å²) in [5.74, 6) is 1.00. The first-order chi connectivity index (χ1) is 15.8. The fourth-order valence-electron chi connectivity index (χ4n) is 3.25. The van der Waals surface area contributed by atoms with Gasteiger partial charge in [-0.2, -0.15) is 0 Å². The Morgan fingerprint density at radius 3 is 2.12 bits per heavy atom.